The van der Waals surface area contributed by atoms with Crippen LogP contribution >= 0.6 is 0 Å². The van der Waals surface area contributed by atoms with Gasteiger partial charge in [-0.1, -0.05) is 13.8 Å². The predicted molar refractivity (Wildman–Crippen MR) is 73.4 cm³/mol. The second kappa shape index (κ2) is 5.49. The highest BCUT2D eigenvalue weighted by Gasteiger charge is 2.40. The monoisotopic (exact) mass is 267 g/mol. The number of nitrogens with one attached hydrogen (secondary N) is 1. The van der Waals surface area contributed by atoms with Gasteiger partial charge in [0.25, 0.3) is 0 Å². The molecular formula is C14H25N3O2. The Kier molecular flexibility index (Phi) is 4.13. The summed E-state index contributed by atoms with van der Waals surface area (Å²) in [5.74, 6) is 0.623. The maximum Gasteiger partial charge on any atom is 0.242 e. The summed E-state index contributed by atoms with van der Waals surface area (Å²) >= 11 is 0. The van der Waals surface area contributed by atoms with Gasteiger partial charge in [-0.25, -0.2) is 0 Å². The molecule has 0 aliphatic carbocycles. The number of fused-ring (bicyclic) bond motifs is 1. The van der Waals surface area contributed by atoms with Gasteiger partial charge >= 0.3 is 0 Å². The number of amides is 2. The molecule has 2 atom stereocenters. The van der Waals surface area contributed by atoms with E-state index < -0.39 is 5.54 Å². The number of rotatable bonds is 3. The average molecular weight is 267 g/mol. The van der Waals surface area contributed by atoms with Gasteiger partial charge in [-0.15, -0.1) is 0 Å². The van der Waals surface area contributed by atoms with E-state index in [9.17, 15) is 9.59 Å². The molecular weight excluding hydrogens is 242 g/mol. The molecule has 0 bridgehead atoms. The number of nitrogens with two attached hydrogens (primary N) is 1. The highest BCUT2D eigenvalue weighted by molar-refractivity contribution is 5.86. The lowest BCUT2D eigenvalue weighted by Gasteiger charge is -2.43. The van der Waals surface area contributed by atoms with Crippen molar-refractivity contribution in [1.29, 1.82) is 0 Å². The lowest BCUT2D eigenvalue weighted by Crippen LogP contribution is -2.61. The summed E-state index contributed by atoms with van der Waals surface area (Å²) in [7, 11) is 0. The van der Waals surface area contributed by atoms with Crippen LogP contribution in [-0.2, 0) is 9.59 Å². The molecule has 0 aromatic rings. The quantitative estimate of drug-likeness (QED) is 0.787. The first-order valence-electron chi connectivity index (χ1n) is 7.37. The second-order valence-electron chi connectivity index (χ2n) is 5.88. The molecule has 2 aliphatic rings. The Hall–Kier alpha value is -1.10. The summed E-state index contributed by atoms with van der Waals surface area (Å²) in [6.07, 6.45) is 3.66. The van der Waals surface area contributed by atoms with Crippen LogP contribution in [0.2, 0.25) is 0 Å². The fraction of sp³-hybridized carbons (Fsp3) is 0.857. The summed E-state index contributed by atoms with van der Waals surface area (Å²) in [5, 5.41) is 3.04. The van der Waals surface area contributed by atoms with Gasteiger partial charge in [0.05, 0.1) is 5.54 Å². The smallest absolute Gasteiger partial charge is 0.242 e. The van der Waals surface area contributed by atoms with E-state index in [0.717, 1.165) is 19.4 Å². The van der Waals surface area contributed by atoms with Gasteiger partial charge in [0.15, 0.2) is 0 Å². The Labute approximate surface area is 114 Å². The summed E-state index contributed by atoms with van der Waals surface area (Å²) in [5.41, 5.74) is 5.48. The minimum Gasteiger partial charge on any atom is -0.353 e. The molecule has 5 heteroatoms. The van der Waals surface area contributed by atoms with Crippen LogP contribution in [-0.4, -0.2) is 41.4 Å². The second-order valence-corrected chi connectivity index (χ2v) is 5.88. The van der Waals surface area contributed by atoms with E-state index in [1.54, 1.807) is 0 Å². The highest BCUT2D eigenvalue weighted by Crippen LogP contribution is 2.27. The van der Waals surface area contributed by atoms with E-state index >= 15 is 0 Å². The third kappa shape index (κ3) is 2.76. The molecule has 0 aromatic carbocycles. The van der Waals surface area contributed by atoms with E-state index in [1.807, 2.05) is 18.7 Å². The van der Waals surface area contributed by atoms with Crippen molar-refractivity contribution < 1.29 is 9.59 Å². The molecule has 2 rings (SSSR count). The molecule has 2 amide bonds. The third-order valence-corrected chi connectivity index (χ3v) is 4.80. The molecule has 2 heterocycles. The van der Waals surface area contributed by atoms with E-state index in [4.69, 9.17) is 5.73 Å². The molecule has 2 saturated heterocycles. The summed E-state index contributed by atoms with van der Waals surface area (Å²) in [6, 6.07) is 0.251. The van der Waals surface area contributed by atoms with Crippen LogP contribution in [0.25, 0.3) is 0 Å². The predicted octanol–water partition coefficient (Wildman–Crippen LogP) is 0.631. The zero-order valence-electron chi connectivity index (χ0n) is 11.9. The molecule has 5 nitrogen and oxygen atoms in total. The Balaban J connectivity index is 2.01. The molecule has 2 aliphatic heterocycles. The number of nitrogens with zero attached hydrogens (tertiary/aromatic N) is 1. The van der Waals surface area contributed by atoms with E-state index in [1.165, 1.54) is 0 Å². The zero-order valence-corrected chi connectivity index (χ0v) is 11.9. The zero-order chi connectivity index (χ0) is 14.0. The minimum atomic E-state index is -0.718. The van der Waals surface area contributed by atoms with E-state index in [0.29, 0.717) is 31.7 Å². The maximum atomic E-state index is 12.5. The van der Waals surface area contributed by atoms with Crippen LogP contribution in [0.3, 0.4) is 0 Å². The maximum absolute atomic E-state index is 12.5. The van der Waals surface area contributed by atoms with Gasteiger partial charge in [-0.05, 0) is 31.6 Å². The lowest BCUT2D eigenvalue weighted by molar-refractivity contribution is -0.140. The molecule has 0 aromatic heterocycles. The van der Waals surface area contributed by atoms with Crippen molar-refractivity contribution >= 4 is 11.8 Å². The topological polar surface area (TPSA) is 75.4 Å². The van der Waals surface area contributed by atoms with Crippen molar-refractivity contribution in [2.24, 2.45) is 11.7 Å². The van der Waals surface area contributed by atoms with Gasteiger partial charge in [-0.3, -0.25) is 9.59 Å². The van der Waals surface area contributed by atoms with Crippen LogP contribution in [0.4, 0.5) is 0 Å². The van der Waals surface area contributed by atoms with Crippen molar-refractivity contribution in [1.82, 2.24) is 10.2 Å². The van der Waals surface area contributed by atoms with Gasteiger partial charge < -0.3 is 16.0 Å². The first-order valence-corrected chi connectivity index (χ1v) is 7.37. The summed E-state index contributed by atoms with van der Waals surface area (Å²) in [6.45, 7) is 5.38. The summed E-state index contributed by atoms with van der Waals surface area (Å²) < 4.78 is 0. The van der Waals surface area contributed by atoms with Gasteiger partial charge in [0, 0.05) is 25.6 Å². The summed E-state index contributed by atoms with van der Waals surface area (Å²) in [4.78, 5) is 25.8. The van der Waals surface area contributed by atoms with Crippen molar-refractivity contribution in [3.63, 3.8) is 0 Å². The number of piperidine rings is 2. The number of likely N-dealkylation sites (tertiary alicyclic amines) is 1. The first-order chi connectivity index (χ1) is 9.00. The normalized spacial score (nSPS) is 27.7. The van der Waals surface area contributed by atoms with Crippen molar-refractivity contribution in [3.8, 4) is 0 Å². The van der Waals surface area contributed by atoms with Crippen molar-refractivity contribution in [3.05, 3.63) is 0 Å². The molecule has 2 unspecified atom stereocenters. The Bertz CT molecular complexity index is 366. The minimum absolute atomic E-state index is 0.0767. The molecule has 0 radical (unpaired) electrons. The Morgan fingerprint density at radius 1 is 1.42 bits per heavy atom. The number of carbonyl (C=O) groups excluding carboxylic acids is 2. The molecule has 3 N–H and O–H groups in total. The van der Waals surface area contributed by atoms with E-state index in [2.05, 4.69) is 5.32 Å². The largest absolute Gasteiger partial charge is 0.353 e. The van der Waals surface area contributed by atoms with Crippen LogP contribution < -0.4 is 11.1 Å². The molecule has 2 fully saturated rings. The fourth-order valence-electron chi connectivity index (χ4n) is 3.16. The number of hydrogen-bond donors (Lipinski definition) is 2. The Morgan fingerprint density at radius 3 is 2.74 bits per heavy atom. The van der Waals surface area contributed by atoms with Gasteiger partial charge in [0.2, 0.25) is 11.8 Å². The molecule has 108 valence electrons. The van der Waals surface area contributed by atoms with E-state index in [-0.39, 0.29) is 17.9 Å². The first kappa shape index (κ1) is 14.3. The van der Waals surface area contributed by atoms with Crippen molar-refractivity contribution in [2.75, 3.05) is 13.1 Å². The van der Waals surface area contributed by atoms with Gasteiger partial charge in [0.1, 0.15) is 0 Å². The molecule has 19 heavy (non-hydrogen) atoms. The third-order valence-electron chi connectivity index (χ3n) is 4.80. The SMILES string of the molecule is CCC(N)(CC)C(=O)N1CCC2NC(=O)CCC2C1. The highest BCUT2D eigenvalue weighted by atomic mass is 16.2. The average Bonchev–Trinajstić information content (AvgIpc) is 2.45. The standard InChI is InChI=1S/C14H25N3O2/c1-3-14(15,4-2)13(19)17-8-7-11-10(9-17)5-6-12(18)16-11/h10-11H,3-9,15H2,1-2H3,(H,16,18). The van der Waals surface area contributed by atoms with Crippen LogP contribution in [0, 0.1) is 5.92 Å². The lowest BCUT2D eigenvalue weighted by atomic mass is 9.83. The van der Waals surface area contributed by atoms with Crippen LogP contribution in [0.15, 0.2) is 0 Å². The molecule has 0 spiro atoms. The number of carbonyl (C=O) groups is 2. The molecule has 0 saturated carbocycles. The number of hydrogen-bond acceptors (Lipinski definition) is 3. The van der Waals surface area contributed by atoms with Crippen molar-refractivity contribution in [2.45, 2.75) is 57.5 Å². The van der Waals surface area contributed by atoms with Gasteiger partial charge in [-0.2, -0.15) is 0 Å². The Morgan fingerprint density at radius 2 is 2.11 bits per heavy atom. The fourth-order valence-corrected chi connectivity index (χ4v) is 3.16. The van der Waals surface area contributed by atoms with Crippen LogP contribution in [0.1, 0.15) is 46.0 Å². The van der Waals surface area contributed by atoms with Crippen LogP contribution in [0.5, 0.6) is 0 Å².